The second-order valence-electron chi connectivity index (χ2n) is 4.48. The summed E-state index contributed by atoms with van der Waals surface area (Å²) in [6, 6.07) is 2.79. The lowest BCUT2D eigenvalue weighted by Gasteiger charge is -2.19. The molecule has 110 valence electrons. The Balaban J connectivity index is 2.03. The molecule has 1 atom stereocenters. The molecule has 0 bridgehead atoms. The number of amides is 1. The Bertz CT molecular complexity index is 521. The van der Waals surface area contributed by atoms with Crippen molar-refractivity contribution in [2.24, 2.45) is 0 Å². The maximum absolute atomic E-state index is 12.9. The molecule has 8 heteroatoms. The maximum atomic E-state index is 12.9. The first-order valence-electron chi connectivity index (χ1n) is 5.83. The average molecular weight is 311 g/mol. The Labute approximate surface area is 117 Å². The Kier molecular flexibility index (Phi) is 4.08. The third-order valence-corrected chi connectivity index (χ3v) is 3.24. The molecule has 1 amide bonds. The molecule has 0 unspecified atom stereocenters. The number of likely N-dealkylation sites (tertiary alicyclic amines) is 1. The molecule has 1 N–H and O–H groups in total. The van der Waals surface area contributed by atoms with E-state index in [2.05, 4.69) is 5.32 Å². The van der Waals surface area contributed by atoms with Crippen molar-refractivity contribution in [1.82, 2.24) is 4.90 Å². The van der Waals surface area contributed by atoms with Crippen LogP contribution in [0.1, 0.15) is 6.42 Å². The summed E-state index contributed by atoms with van der Waals surface area (Å²) in [6.45, 7) is -1.24. The van der Waals surface area contributed by atoms with E-state index < -0.39 is 30.5 Å². The smallest absolute Gasteiger partial charge is 0.372 e. The molecule has 0 aromatic heterocycles. The largest absolute Gasteiger partial charge is 0.406 e. The summed E-state index contributed by atoms with van der Waals surface area (Å²) in [4.78, 5) is 12.6. The highest BCUT2D eigenvalue weighted by atomic mass is 35.5. The second kappa shape index (κ2) is 5.47. The number of anilines is 1. The van der Waals surface area contributed by atoms with Gasteiger partial charge in [0.05, 0.1) is 10.7 Å². The molecule has 2 rings (SSSR count). The van der Waals surface area contributed by atoms with Crippen LogP contribution in [-0.2, 0) is 4.79 Å². The molecule has 1 aliphatic heterocycles. The van der Waals surface area contributed by atoms with Crippen molar-refractivity contribution >= 4 is 23.2 Å². The van der Waals surface area contributed by atoms with Gasteiger partial charge in [0, 0.05) is 6.54 Å². The quantitative estimate of drug-likeness (QED) is 0.870. The number of hydrogen-bond acceptors (Lipinski definition) is 2. The topological polar surface area (TPSA) is 32.3 Å². The van der Waals surface area contributed by atoms with Crippen LogP contribution in [0.4, 0.5) is 23.2 Å². The molecule has 1 saturated heterocycles. The molecule has 1 aliphatic rings. The van der Waals surface area contributed by atoms with E-state index in [4.69, 9.17) is 11.6 Å². The molecule has 3 nitrogen and oxygen atoms in total. The van der Waals surface area contributed by atoms with Gasteiger partial charge in [-0.2, -0.15) is 13.2 Å². The van der Waals surface area contributed by atoms with Crippen molar-refractivity contribution in [3.8, 4) is 0 Å². The van der Waals surface area contributed by atoms with Gasteiger partial charge in [0.25, 0.3) is 0 Å². The molecule has 20 heavy (non-hydrogen) atoms. The molecule has 0 radical (unpaired) electrons. The lowest BCUT2D eigenvalue weighted by atomic mass is 10.2. The van der Waals surface area contributed by atoms with Crippen LogP contribution in [0, 0.1) is 5.82 Å². The molecular weight excluding hydrogens is 300 g/mol. The highest BCUT2D eigenvalue weighted by Gasteiger charge is 2.39. The summed E-state index contributed by atoms with van der Waals surface area (Å²) in [7, 11) is 0. The van der Waals surface area contributed by atoms with Crippen LogP contribution in [0.15, 0.2) is 18.2 Å². The summed E-state index contributed by atoms with van der Waals surface area (Å²) < 4.78 is 49.7. The first-order chi connectivity index (χ1) is 9.26. The normalized spacial score (nSPS) is 19.6. The Morgan fingerprint density at radius 2 is 2.10 bits per heavy atom. The van der Waals surface area contributed by atoms with Gasteiger partial charge in [0.15, 0.2) is 0 Å². The highest BCUT2D eigenvalue weighted by molar-refractivity contribution is 6.33. The zero-order valence-electron chi connectivity index (χ0n) is 10.2. The van der Waals surface area contributed by atoms with Crippen LogP contribution in [-0.4, -0.2) is 36.1 Å². The average Bonchev–Trinajstić information content (AvgIpc) is 2.63. The van der Waals surface area contributed by atoms with Gasteiger partial charge in [-0.1, -0.05) is 11.6 Å². The fraction of sp³-hybridized carbons (Fsp3) is 0.417. The number of nitrogens with zero attached hydrogens (tertiary/aromatic N) is 1. The third kappa shape index (κ3) is 3.53. The van der Waals surface area contributed by atoms with Crippen LogP contribution in [0.3, 0.4) is 0 Å². The Hall–Kier alpha value is -1.50. The van der Waals surface area contributed by atoms with E-state index in [1.54, 1.807) is 0 Å². The lowest BCUT2D eigenvalue weighted by Crippen LogP contribution is -2.39. The summed E-state index contributed by atoms with van der Waals surface area (Å²) in [6.07, 6.45) is -4.18. The van der Waals surface area contributed by atoms with Crippen molar-refractivity contribution in [3.05, 3.63) is 29.0 Å². The number of alkyl halides is 3. The number of carbonyl (C=O) groups is 1. The Morgan fingerprint density at radius 1 is 1.40 bits per heavy atom. The lowest BCUT2D eigenvalue weighted by molar-refractivity contribution is -0.157. The third-order valence-electron chi connectivity index (χ3n) is 2.93. The van der Waals surface area contributed by atoms with Gasteiger partial charge in [-0.15, -0.1) is 0 Å². The van der Waals surface area contributed by atoms with Crippen LogP contribution in [0.25, 0.3) is 0 Å². The van der Waals surface area contributed by atoms with Crippen molar-refractivity contribution in [1.29, 1.82) is 0 Å². The van der Waals surface area contributed by atoms with E-state index in [-0.39, 0.29) is 18.0 Å². The summed E-state index contributed by atoms with van der Waals surface area (Å²) in [5, 5.41) is 2.82. The minimum absolute atomic E-state index is 0.0226. The van der Waals surface area contributed by atoms with Crippen LogP contribution < -0.4 is 5.32 Å². The van der Waals surface area contributed by atoms with Crippen molar-refractivity contribution < 1.29 is 22.4 Å². The molecule has 1 heterocycles. The van der Waals surface area contributed by atoms with Crippen molar-refractivity contribution in [2.75, 3.05) is 18.4 Å². The Morgan fingerprint density at radius 3 is 2.70 bits per heavy atom. The van der Waals surface area contributed by atoms with E-state index in [0.717, 1.165) is 17.0 Å². The van der Waals surface area contributed by atoms with Gasteiger partial charge >= 0.3 is 6.18 Å². The minimum atomic E-state index is -4.42. The minimum Gasteiger partial charge on any atom is -0.372 e. The van der Waals surface area contributed by atoms with Gasteiger partial charge in [0.2, 0.25) is 5.91 Å². The number of hydrogen-bond donors (Lipinski definition) is 1. The monoisotopic (exact) mass is 310 g/mol. The van der Waals surface area contributed by atoms with Gasteiger partial charge in [-0.25, -0.2) is 4.39 Å². The standard InChI is InChI=1S/C12H11ClF4N2O/c13-8-5-7(14)1-2-9(8)18-10-3-4-19(11(10)20)6-12(15,16)17/h1-2,5,10,18H,3-4,6H2/t10-/m0/s1. The van der Waals surface area contributed by atoms with Gasteiger partial charge < -0.3 is 10.2 Å². The van der Waals surface area contributed by atoms with E-state index in [1.165, 1.54) is 6.07 Å². The van der Waals surface area contributed by atoms with E-state index in [9.17, 15) is 22.4 Å². The van der Waals surface area contributed by atoms with Crippen molar-refractivity contribution in [3.63, 3.8) is 0 Å². The molecule has 0 spiro atoms. The van der Waals surface area contributed by atoms with E-state index in [1.807, 2.05) is 0 Å². The fourth-order valence-corrected chi connectivity index (χ4v) is 2.26. The van der Waals surface area contributed by atoms with Gasteiger partial charge in [-0.05, 0) is 24.6 Å². The number of rotatable bonds is 3. The van der Waals surface area contributed by atoms with E-state index >= 15 is 0 Å². The predicted octanol–water partition coefficient (Wildman–Crippen LogP) is 3.05. The fourth-order valence-electron chi connectivity index (χ4n) is 2.04. The number of carbonyl (C=O) groups excluding carboxylic acids is 1. The first-order valence-corrected chi connectivity index (χ1v) is 6.21. The highest BCUT2D eigenvalue weighted by Crippen LogP contribution is 2.27. The summed E-state index contributed by atoms with van der Waals surface area (Å²) in [5.74, 6) is -1.17. The molecule has 0 aliphatic carbocycles. The number of halogens is 5. The number of benzene rings is 1. The summed E-state index contributed by atoms with van der Waals surface area (Å²) >= 11 is 5.79. The van der Waals surface area contributed by atoms with Crippen LogP contribution in [0.2, 0.25) is 5.02 Å². The SMILES string of the molecule is O=C1[C@@H](Nc2ccc(F)cc2Cl)CCN1CC(F)(F)F. The van der Waals surface area contributed by atoms with Crippen molar-refractivity contribution in [2.45, 2.75) is 18.6 Å². The predicted molar refractivity (Wildman–Crippen MR) is 66.1 cm³/mol. The molecule has 1 aromatic carbocycles. The molecule has 1 aromatic rings. The van der Waals surface area contributed by atoms with Gasteiger partial charge in [0.1, 0.15) is 18.4 Å². The van der Waals surface area contributed by atoms with Crippen LogP contribution >= 0.6 is 11.6 Å². The zero-order valence-corrected chi connectivity index (χ0v) is 10.9. The maximum Gasteiger partial charge on any atom is 0.406 e. The molecule has 0 saturated carbocycles. The van der Waals surface area contributed by atoms with Gasteiger partial charge in [-0.3, -0.25) is 4.79 Å². The number of nitrogens with one attached hydrogen (secondary N) is 1. The van der Waals surface area contributed by atoms with E-state index in [0.29, 0.717) is 5.69 Å². The zero-order chi connectivity index (χ0) is 14.9. The first kappa shape index (κ1) is 14.9. The molecular formula is C12H11ClF4N2O. The summed E-state index contributed by atoms with van der Waals surface area (Å²) in [5.41, 5.74) is 0.320. The van der Waals surface area contributed by atoms with Crippen LogP contribution in [0.5, 0.6) is 0 Å². The second-order valence-corrected chi connectivity index (χ2v) is 4.89. The molecule has 1 fully saturated rings.